The summed E-state index contributed by atoms with van der Waals surface area (Å²) in [5.74, 6) is 1.23. The van der Waals surface area contributed by atoms with E-state index in [0.29, 0.717) is 29.0 Å². The summed E-state index contributed by atoms with van der Waals surface area (Å²) in [6.45, 7) is 4.47. The third-order valence-corrected chi connectivity index (χ3v) is 6.13. The van der Waals surface area contributed by atoms with Crippen LogP contribution >= 0.6 is 0 Å². The van der Waals surface area contributed by atoms with Gasteiger partial charge in [-0.15, -0.1) is 0 Å². The lowest BCUT2D eigenvalue weighted by Gasteiger charge is -2.41. The highest BCUT2D eigenvalue weighted by atomic mass is 19.1. The second-order valence-corrected chi connectivity index (χ2v) is 8.80. The first-order valence-corrected chi connectivity index (χ1v) is 13.3. The van der Waals surface area contributed by atoms with Crippen LogP contribution in [-0.2, 0) is 39.6 Å². The SMILES string of the molecule is CCOC(=O)O[C@H]1O[C@@H](c2ccc(OC)c(Cc3ccc(OC)cc3)c2)[C@H](OC(=O)OCC)[C@@H](OC(=O)OCC)C1F. The largest absolute Gasteiger partial charge is 0.510 e. The van der Waals surface area contributed by atoms with Gasteiger partial charge in [-0.3, -0.25) is 0 Å². The fourth-order valence-corrected chi connectivity index (χ4v) is 4.28. The van der Waals surface area contributed by atoms with Crippen molar-refractivity contribution in [3.05, 3.63) is 59.2 Å². The van der Waals surface area contributed by atoms with Crippen molar-refractivity contribution in [2.24, 2.45) is 0 Å². The fourth-order valence-electron chi connectivity index (χ4n) is 4.28. The normalized spacial score (nSPS) is 21.4. The van der Waals surface area contributed by atoms with Crippen LogP contribution in [0.3, 0.4) is 0 Å². The maximum Gasteiger partial charge on any atom is 0.510 e. The quantitative estimate of drug-likeness (QED) is 0.247. The highest BCUT2D eigenvalue weighted by molar-refractivity contribution is 5.62. The molecule has 1 aliphatic rings. The molecule has 0 spiro atoms. The lowest BCUT2D eigenvalue weighted by molar-refractivity contribution is -0.274. The van der Waals surface area contributed by atoms with Crippen LogP contribution in [0.4, 0.5) is 18.8 Å². The fraction of sp³-hybridized carbons (Fsp3) is 0.483. The predicted molar refractivity (Wildman–Crippen MR) is 143 cm³/mol. The smallest absolute Gasteiger partial charge is 0.497 e. The lowest BCUT2D eigenvalue weighted by Crippen LogP contribution is -2.56. The van der Waals surface area contributed by atoms with E-state index in [1.807, 2.05) is 24.3 Å². The van der Waals surface area contributed by atoms with Gasteiger partial charge in [0, 0.05) is 6.42 Å². The van der Waals surface area contributed by atoms with E-state index < -0.39 is 49.2 Å². The van der Waals surface area contributed by atoms with Crippen LogP contribution in [0.5, 0.6) is 11.5 Å². The van der Waals surface area contributed by atoms with Crippen LogP contribution in [0.25, 0.3) is 0 Å². The number of rotatable bonds is 11. The molecule has 0 bridgehead atoms. The molecule has 1 unspecified atom stereocenters. The number of hydrogen-bond acceptors (Lipinski definition) is 12. The van der Waals surface area contributed by atoms with Crippen molar-refractivity contribution >= 4 is 18.5 Å². The summed E-state index contributed by atoms with van der Waals surface area (Å²) < 4.78 is 62.6. The van der Waals surface area contributed by atoms with Crippen molar-refractivity contribution in [2.45, 2.75) is 58.0 Å². The molecule has 0 radical (unpaired) electrons. The van der Waals surface area contributed by atoms with Gasteiger partial charge in [0.2, 0.25) is 12.5 Å². The summed E-state index contributed by atoms with van der Waals surface area (Å²) >= 11 is 0. The Morgan fingerprint density at radius 3 is 1.88 bits per heavy atom. The average molecular weight is 595 g/mol. The zero-order chi connectivity index (χ0) is 30.6. The second-order valence-electron chi connectivity index (χ2n) is 8.80. The van der Waals surface area contributed by atoms with Gasteiger partial charge < -0.3 is 42.6 Å². The summed E-state index contributed by atoms with van der Waals surface area (Å²) in [5.41, 5.74) is 1.99. The first kappa shape index (κ1) is 32.3. The minimum absolute atomic E-state index is 0.0390. The van der Waals surface area contributed by atoms with Crippen LogP contribution in [0.15, 0.2) is 42.5 Å². The van der Waals surface area contributed by atoms with Crippen LogP contribution in [0, 0.1) is 0 Å². The molecule has 2 aromatic rings. The molecule has 230 valence electrons. The molecule has 0 N–H and O–H groups in total. The number of hydrogen-bond donors (Lipinski definition) is 0. The van der Waals surface area contributed by atoms with E-state index in [1.165, 1.54) is 21.0 Å². The van der Waals surface area contributed by atoms with Gasteiger partial charge in [-0.05, 0) is 61.7 Å². The molecule has 1 aliphatic heterocycles. The zero-order valence-electron chi connectivity index (χ0n) is 24.0. The topological polar surface area (TPSA) is 134 Å². The number of alkyl halides is 1. The molecule has 0 amide bonds. The molecule has 13 heteroatoms. The van der Waals surface area contributed by atoms with E-state index in [-0.39, 0.29) is 19.8 Å². The van der Waals surface area contributed by atoms with Crippen molar-refractivity contribution in [3.63, 3.8) is 0 Å². The van der Waals surface area contributed by atoms with Crippen LogP contribution in [-0.4, -0.2) is 77.2 Å². The molecule has 12 nitrogen and oxygen atoms in total. The van der Waals surface area contributed by atoms with E-state index in [4.69, 9.17) is 42.6 Å². The van der Waals surface area contributed by atoms with Gasteiger partial charge in [0.15, 0.2) is 12.2 Å². The molecule has 1 heterocycles. The Labute approximate surface area is 242 Å². The summed E-state index contributed by atoms with van der Waals surface area (Å²) in [6.07, 6.45) is -12.1. The van der Waals surface area contributed by atoms with Crippen molar-refractivity contribution in [1.29, 1.82) is 0 Å². The van der Waals surface area contributed by atoms with E-state index >= 15 is 4.39 Å². The molecule has 0 aliphatic carbocycles. The van der Waals surface area contributed by atoms with Gasteiger partial charge in [-0.25, -0.2) is 18.8 Å². The Balaban J connectivity index is 2.06. The zero-order valence-corrected chi connectivity index (χ0v) is 24.0. The number of ether oxygens (including phenoxy) is 9. The molecule has 1 fully saturated rings. The minimum atomic E-state index is -2.30. The minimum Gasteiger partial charge on any atom is -0.497 e. The van der Waals surface area contributed by atoms with Gasteiger partial charge in [-0.2, -0.15) is 0 Å². The molecular formula is C29H35FO12. The monoisotopic (exact) mass is 594 g/mol. The van der Waals surface area contributed by atoms with E-state index in [9.17, 15) is 14.4 Å². The van der Waals surface area contributed by atoms with Crippen LogP contribution < -0.4 is 9.47 Å². The first-order valence-electron chi connectivity index (χ1n) is 13.3. The molecule has 1 saturated heterocycles. The van der Waals surface area contributed by atoms with Gasteiger partial charge in [0.05, 0.1) is 34.0 Å². The van der Waals surface area contributed by atoms with Crippen LogP contribution in [0.2, 0.25) is 0 Å². The highest BCUT2D eigenvalue weighted by Crippen LogP contribution is 2.39. The predicted octanol–water partition coefficient (Wildman–Crippen LogP) is 5.29. The highest BCUT2D eigenvalue weighted by Gasteiger charge is 2.53. The number of halogens is 1. The summed E-state index contributed by atoms with van der Waals surface area (Å²) in [7, 11) is 3.08. The first-order chi connectivity index (χ1) is 20.2. The molecule has 0 saturated carbocycles. The van der Waals surface area contributed by atoms with Gasteiger partial charge in [0.1, 0.15) is 17.6 Å². The lowest BCUT2D eigenvalue weighted by atomic mass is 9.91. The molecule has 2 aromatic carbocycles. The standard InChI is InChI=1S/C29H35FO12/c1-6-36-27(31)40-24-22(30)26(42-29(33)38-8-3)39-23(25(24)41-28(32)37-7-2)18-11-14-21(35-5)19(16-18)15-17-9-12-20(34-4)13-10-17/h9-14,16,22-26H,6-8,15H2,1-5H3/t22?,23-,24-,25-,26+/m0/s1. The number of benzene rings is 2. The van der Waals surface area contributed by atoms with Gasteiger partial charge in [-0.1, -0.05) is 18.2 Å². The average Bonchev–Trinajstić information content (AvgIpc) is 2.97. The third-order valence-electron chi connectivity index (χ3n) is 6.13. The number of carbonyl (C=O) groups is 3. The Morgan fingerprint density at radius 2 is 1.33 bits per heavy atom. The maximum atomic E-state index is 15.8. The maximum absolute atomic E-state index is 15.8. The summed E-state index contributed by atoms with van der Waals surface area (Å²) in [6, 6.07) is 12.4. The number of carbonyl (C=O) groups excluding carboxylic acids is 3. The van der Waals surface area contributed by atoms with Crippen molar-refractivity contribution in [2.75, 3.05) is 34.0 Å². The van der Waals surface area contributed by atoms with Crippen molar-refractivity contribution in [3.8, 4) is 11.5 Å². The number of methoxy groups -OCH3 is 2. The molecule has 0 aromatic heterocycles. The van der Waals surface area contributed by atoms with Gasteiger partial charge >= 0.3 is 18.5 Å². The summed E-state index contributed by atoms with van der Waals surface area (Å²) in [4.78, 5) is 36.8. The third kappa shape index (κ3) is 8.38. The van der Waals surface area contributed by atoms with Crippen molar-refractivity contribution in [1.82, 2.24) is 0 Å². The van der Waals surface area contributed by atoms with E-state index in [2.05, 4.69) is 0 Å². The van der Waals surface area contributed by atoms with Crippen LogP contribution in [0.1, 0.15) is 43.6 Å². The van der Waals surface area contributed by atoms with Gasteiger partial charge in [0.25, 0.3) is 0 Å². The molecule has 3 rings (SSSR count). The second kappa shape index (κ2) is 15.7. The Bertz CT molecular complexity index is 1190. The summed E-state index contributed by atoms with van der Waals surface area (Å²) in [5, 5.41) is 0. The van der Waals surface area contributed by atoms with E-state index in [1.54, 1.807) is 32.2 Å². The Hall–Kier alpha value is -4.26. The Kier molecular flexibility index (Phi) is 12.0. The molecule has 5 atom stereocenters. The van der Waals surface area contributed by atoms with Crippen molar-refractivity contribution < 1.29 is 61.4 Å². The van der Waals surface area contributed by atoms with E-state index in [0.717, 1.165) is 5.56 Å². The molecule has 42 heavy (non-hydrogen) atoms. The Morgan fingerprint density at radius 1 is 0.762 bits per heavy atom. The molecular weight excluding hydrogens is 559 g/mol.